The van der Waals surface area contributed by atoms with E-state index in [9.17, 15) is 9.59 Å². The highest BCUT2D eigenvalue weighted by atomic mass is 79.9. The van der Waals surface area contributed by atoms with E-state index in [-0.39, 0.29) is 6.42 Å². The van der Waals surface area contributed by atoms with Crippen molar-refractivity contribution in [2.24, 2.45) is 5.73 Å². The maximum Gasteiger partial charge on any atom is 0.337 e. The van der Waals surface area contributed by atoms with Crippen LogP contribution in [0.2, 0.25) is 0 Å². The molecule has 1 rings (SSSR count). The predicted molar refractivity (Wildman–Crippen MR) is 66.2 cm³/mol. The van der Waals surface area contributed by atoms with Crippen molar-refractivity contribution in [2.45, 2.75) is 6.42 Å². The van der Waals surface area contributed by atoms with Crippen LogP contribution in [0.15, 0.2) is 22.7 Å². The topological polar surface area (TPSA) is 69.4 Å². The van der Waals surface area contributed by atoms with Gasteiger partial charge in [0, 0.05) is 10.0 Å². The predicted octanol–water partition coefficient (Wildman–Crippen LogP) is 1.46. The number of ether oxygens (including phenoxy) is 1. The number of rotatable bonds is 2. The van der Waals surface area contributed by atoms with Gasteiger partial charge >= 0.3 is 5.97 Å². The molecule has 1 aromatic rings. The maximum absolute atomic E-state index is 11.2. The first-order chi connectivity index (χ1) is 8.04. The molecule has 0 bridgehead atoms. The van der Waals surface area contributed by atoms with E-state index in [0.29, 0.717) is 15.6 Å². The lowest BCUT2D eigenvalue weighted by Gasteiger charge is -2.01. The Labute approximate surface area is 107 Å². The monoisotopic (exact) mass is 295 g/mol. The largest absolute Gasteiger partial charge is 0.465 e. The molecular weight excluding hydrogens is 286 g/mol. The zero-order chi connectivity index (χ0) is 12.8. The lowest BCUT2D eigenvalue weighted by atomic mass is 10.1. The fraction of sp³-hybridized carbons (Fsp3) is 0.167. The first-order valence-corrected chi connectivity index (χ1v) is 5.49. The Morgan fingerprint density at radius 2 is 2.18 bits per heavy atom. The van der Waals surface area contributed by atoms with Gasteiger partial charge in [0.2, 0.25) is 5.91 Å². The van der Waals surface area contributed by atoms with Gasteiger partial charge in [0.25, 0.3) is 0 Å². The highest BCUT2D eigenvalue weighted by Gasteiger charge is 2.07. The molecule has 0 saturated carbocycles. The SMILES string of the molecule is COC(=O)c1ccc(C#CCC(N)=O)c(Br)c1. The third kappa shape index (κ3) is 3.93. The van der Waals surface area contributed by atoms with Crippen molar-refractivity contribution in [2.75, 3.05) is 7.11 Å². The average Bonchev–Trinajstić information content (AvgIpc) is 2.29. The van der Waals surface area contributed by atoms with Crippen LogP contribution in [0.5, 0.6) is 0 Å². The summed E-state index contributed by atoms with van der Waals surface area (Å²) in [5.74, 6) is 4.53. The molecule has 0 spiro atoms. The van der Waals surface area contributed by atoms with Crippen molar-refractivity contribution in [1.82, 2.24) is 0 Å². The number of benzene rings is 1. The van der Waals surface area contributed by atoms with Crippen molar-refractivity contribution < 1.29 is 14.3 Å². The number of carbonyl (C=O) groups excluding carboxylic acids is 2. The zero-order valence-electron chi connectivity index (χ0n) is 9.12. The van der Waals surface area contributed by atoms with Gasteiger partial charge in [-0.15, -0.1) is 0 Å². The van der Waals surface area contributed by atoms with Gasteiger partial charge in [0.05, 0.1) is 19.1 Å². The Kier molecular flexibility index (Phi) is 4.73. The molecule has 4 nitrogen and oxygen atoms in total. The van der Waals surface area contributed by atoms with E-state index in [1.54, 1.807) is 18.2 Å². The molecule has 1 amide bonds. The number of nitrogens with two attached hydrogens (primary N) is 1. The summed E-state index contributed by atoms with van der Waals surface area (Å²) < 4.78 is 5.25. The van der Waals surface area contributed by atoms with Crippen LogP contribution in [0.4, 0.5) is 0 Å². The molecule has 1 aromatic carbocycles. The van der Waals surface area contributed by atoms with Crippen LogP contribution < -0.4 is 5.73 Å². The molecule has 0 atom stereocenters. The van der Waals surface area contributed by atoms with E-state index in [0.717, 1.165) is 0 Å². The van der Waals surface area contributed by atoms with E-state index in [1.807, 2.05) is 0 Å². The number of halogens is 1. The van der Waals surface area contributed by atoms with Crippen LogP contribution in [0.3, 0.4) is 0 Å². The van der Waals surface area contributed by atoms with E-state index < -0.39 is 11.9 Å². The number of hydrogen-bond acceptors (Lipinski definition) is 3. The van der Waals surface area contributed by atoms with Crippen LogP contribution in [-0.2, 0) is 9.53 Å². The van der Waals surface area contributed by atoms with Crippen LogP contribution in [0.25, 0.3) is 0 Å². The van der Waals surface area contributed by atoms with Gasteiger partial charge in [-0.1, -0.05) is 11.8 Å². The zero-order valence-corrected chi connectivity index (χ0v) is 10.7. The number of carbonyl (C=O) groups is 2. The van der Waals surface area contributed by atoms with Crippen LogP contribution in [-0.4, -0.2) is 19.0 Å². The van der Waals surface area contributed by atoms with Crippen molar-refractivity contribution in [3.8, 4) is 11.8 Å². The highest BCUT2D eigenvalue weighted by molar-refractivity contribution is 9.10. The summed E-state index contributed by atoms with van der Waals surface area (Å²) >= 11 is 3.29. The summed E-state index contributed by atoms with van der Waals surface area (Å²) in [5, 5.41) is 0. The Hall–Kier alpha value is -1.80. The molecule has 0 saturated heterocycles. The lowest BCUT2D eigenvalue weighted by molar-refractivity contribution is -0.117. The van der Waals surface area contributed by atoms with E-state index in [4.69, 9.17) is 5.73 Å². The Balaban J connectivity index is 2.93. The smallest absolute Gasteiger partial charge is 0.337 e. The second-order valence-electron chi connectivity index (χ2n) is 3.13. The lowest BCUT2D eigenvalue weighted by Crippen LogP contribution is -2.08. The Bertz CT molecular complexity index is 514. The van der Waals surface area contributed by atoms with Gasteiger partial charge < -0.3 is 10.5 Å². The second kappa shape index (κ2) is 6.06. The minimum atomic E-state index is -0.472. The molecule has 0 aliphatic heterocycles. The maximum atomic E-state index is 11.2. The van der Waals surface area contributed by atoms with E-state index >= 15 is 0 Å². The molecule has 88 valence electrons. The Morgan fingerprint density at radius 3 is 2.71 bits per heavy atom. The molecule has 0 fully saturated rings. The van der Waals surface area contributed by atoms with Crippen molar-refractivity contribution in [1.29, 1.82) is 0 Å². The minimum Gasteiger partial charge on any atom is -0.465 e. The summed E-state index contributed by atoms with van der Waals surface area (Å²) in [4.78, 5) is 21.7. The van der Waals surface area contributed by atoms with Crippen LogP contribution in [0, 0.1) is 11.8 Å². The van der Waals surface area contributed by atoms with Gasteiger partial charge in [-0.05, 0) is 34.1 Å². The molecule has 0 aliphatic carbocycles. The van der Waals surface area contributed by atoms with Crippen molar-refractivity contribution >= 4 is 27.8 Å². The highest BCUT2D eigenvalue weighted by Crippen LogP contribution is 2.18. The summed E-state index contributed by atoms with van der Waals surface area (Å²) in [6, 6.07) is 4.88. The molecular formula is C12H10BrNO3. The van der Waals surface area contributed by atoms with Crippen LogP contribution in [0.1, 0.15) is 22.3 Å². The van der Waals surface area contributed by atoms with Gasteiger partial charge in [-0.25, -0.2) is 4.79 Å². The quantitative estimate of drug-likeness (QED) is 0.663. The van der Waals surface area contributed by atoms with Crippen molar-refractivity contribution in [3.05, 3.63) is 33.8 Å². The summed E-state index contributed by atoms with van der Waals surface area (Å²) in [6.45, 7) is 0. The van der Waals surface area contributed by atoms with E-state index in [2.05, 4.69) is 32.5 Å². The molecule has 0 heterocycles. The number of methoxy groups -OCH3 is 1. The fourth-order valence-electron chi connectivity index (χ4n) is 1.09. The van der Waals surface area contributed by atoms with Gasteiger partial charge in [0.1, 0.15) is 0 Å². The standard InChI is InChI=1S/C12H10BrNO3/c1-17-12(16)9-6-5-8(10(13)7-9)3-2-4-11(14)15/h5-7H,4H2,1H3,(H2,14,15). The fourth-order valence-corrected chi connectivity index (χ4v) is 1.57. The van der Waals surface area contributed by atoms with Crippen molar-refractivity contribution in [3.63, 3.8) is 0 Å². The third-order valence-corrected chi connectivity index (χ3v) is 2.53. The van der Waals surface area contributed by atoms with Gasteiger partial charge in [0.15, 0.2) is 0 Å². The molecule has 5 heteroatoms. The number of hydrogen-bond donors (Lipinski definition) is 1. The number of amides is 1. The first-order valence-electron chi connectivity index (χ1n) is 4.69. The molecule has 2 N–H and O–H groups in total. The summed E-state index contributed by atoms with van der Waals surface area (Å²) in [5.41, 5.74) is 6.07. The minimum absolute atomic E-state index is 0.00515. The average molecular weight is 296 g/mol. The molecule has 0 unspecified atom stereocenters. The number of primary amides is 1. The summed E-state index contributed by atoms with van der Waals surface area (Å²) in [6.07, 6.45) is 0.00515. The molecule has 0 aromatic heterocycles. The third-order valence-electron chi connectivity index (χ3n) is 1.88. The molecule has 17 heavy (non-hydrogen) atoms. The Morgan fingerprint density at radius 1 is 1.47 bits per heavy atom. The molecule has 0 radical (unpaired) electrons. The normalized spacial score (nSPS) is 9.06. The summed E-state index contributed by atoms with van der Waals surface area (Å²) in [7, 11) is 1.32. The van der Waals surface area contributed by atoms with Gasteiger partial charge in [-0.3, -0.25) is 4.79 Å². The van der Waals surface area contributed by atoms with E-state index in [1.165, 1.54) is 7.11 Å². The van der Waals surface area contributed by atoms with Crippen LogP contribution >= 0.6 is 15.9 Å². The second-order valence-corrected chi connectivity index (χ2v) is 3.99. The number of esters is 1. The first kappa shape index (κ1) is 13.3. The van der Waals surface area contributed by atoms with Gasteiger partial charge in [-0.2, -0.15) is 0 Å². The molecule has 0 aliphatic rings.